The minimum absolute atomic E-state index is 0. The molecular weight excluding hydrogens is 418 g/mol. The zero-order chi connectivity index (χ0) is 10.3. The van der Waals surface area contributed by atoms with Crippen molar-refractivity contribution in [3.63, 3.8) is 0 Å². The Morgan fingerprint density at radius 2 is 2.25 bits per heavy atom. The number of aromatic nitrogens is 3. The molecule has 3 aromatic heterocycles. The van der Waals surface area contributed by atoms with Crippen molar-refractivity contribution in [2.75, 3.05) is 0 Å². The number of aryl methyl sites for hydroxylation is 1. The van der Waals surface area contributed by atoms with Gasteiger partial charge in [0.05, 0.1) is 9.84 Å². The molecule has 0 amide bonds. The van der Waals surface area contributed by atoms with Crippen LogP contribution >= 0.6 is 22.7 Å². The maximum atomic E-state index is 4.40. The third-order valence-corrected chi connectivity index (χ3v) is 3.65. The molecule has 0 atom stereocenters. The zero-order valence-electron chi connectivity index (χ0n) is 8.22. The number of hydrogen-bond donors (Lipinski definition) is 0. The minimum atomic E-state index is 0. The maximum absolute atomic E-state index is 4.40. The summed E-state index contributed by atoms with van der Waals surface area (Å²) in [6.45, 7) is 1.98. The maximum Gasteiger partial charge on any atom is 0.0811 e. The molecule has 3 nitrogen and oxygen atoms in total. The van der Waals surface area contributed by atoms with Crippen LogP contribution in [0.1, 0.15) is 5.01 Å². The second-order valence-corrected chi connectivity index (χ2v) is 5.12. The minimum Gasteiger partial charge on any atom is -0.340 e. The van der Waals surface area contributed by atoms with E-state index in [-0.39, 0.29) is 20.1 Å². The van der Waals surface area contributed by atoms with Crippen LogP contribution in [0.15, 0.2) is 17.6 Å². The molecule has 0 fully saturated rings. The first-order chi connectivity index (χ1) is 7.33. The predicted octanol–water partition coefficient (Wildman–Crippen LogP) is 2.92. The van der Waals surface area contributed by atoms with Crippen LogP contribution in [0, 0.1) is 13.1 Å². The van der Waals surface area contributed by atoms with E-state index in [9.17, 15) is 0 Å². The quantitative estimate of drug-likeness (QED) is 0.564. The Labute approximate surface area is 114 Å². The van der Waals surface area contributed by atoms with Crippen molar-refractivity contribution in [1.82, 2.24) is 15.0 Å². The van der Waals surface area contributed by atoms with Crippen LogP contribution in [0.2, 0.25) is 0 Å². The smallest absolute Gasteiger partial charge is 0.0811 e. The van der Waals surface area contributed by atoms with Gasteiger partial charge in [-0.05, 0) is 13.1 Å². The summed E-state index contributed by atoms with van der Waals surface area (Å²) in [6.07, 6.45) is 4.78. The van der Waals surface area contributed by atoms with Gasteiger partial charge in [0.2, 0.25) is 0 Å². The van der Waals surface area contributed by atoms with Crippen molar-refractivity contribution < 1.29 is 20.1 Å². The summed E-state index contributed by atoms with van der Waals surface area (Å²) < 4.78 is 0. The van der Waals surface area contributed by atoms with Crippen LogP contribution < -0.4 is 0 Å². The molecule has 0 aliphatic rings. The van der Waals surface area contributed by atoms with Crippen molar-refractivity contribution in [3.05, 3.63) is 28.8 Å². The second kappa shape index (κ2) is 4.67. The normalized spacial score (nSPS) is 10.3. The number of hydrogen-bond acceptors (Lipinski definition) is 5. The summed E-state index contributed by atoms with van der Waals surface area (Å²) in [6, 6.07) is 1.99. The first kappa shape index (κ1) is 11.8. The molecule has 0 spiro atoms. The van der Waals surface area contributed by atoms with Crippen molar-refractivity contribution in [2.24, 2.45) is 0 Å². The monoisotopic (exact) mass is 425 g/mol. The Morgan fingerprint density at radius 1 is 1.38 bits per heavy atom. The average Bonchev–Trinajstić information content (AvgIpc) is 2.82. The molecule has 0 aromatic carbocycles. The Hall–Kier alpha value is -0.681. The summed E-state index contributed by atoms with van der Waals surface area (Å²) in [5.74, 6) is 0. The molecule has 6 heteroatoms. The van der Waals surface area contributed by atoms with Gasteiger partial charge in [-0.25, -0.2) is 0 Å². The van der Waals surface area contributed by atoms with Crippen LogP contribution in [0.25, 0.3) is 20.9 Å². The average molecular weight is 425 g/mol. The number of fused-ring (bicyclic) bond motifs is 1. The van der Waals surface area contributed by atoms with E-state index in [4.69, 9.17) is 0 Å². The van der Waals surface area contributed by atoms with Gasteiger partial charge in [0, 0.05) is 42.2 Å². The molecule has 0 bridgehead atoms. The third-order valence-electron chi connectivity index (χ3n) is 1.96. The van der Waals surface area contributed by atoms with Crippen molar-refractivity contribution >= 4 is 33.0 Å². The molecule has 3 heterocycles. The summed E-state index contributed by atoms with van der Waals surface area (Å²) in [4.78, 5) is 13.8. The van der Waals surface area contributed by atoms with Crippen LogP contribution in [0.3, 0.4) is 0 Å². The van der Waals surface area contributed by atoms with Gasteiger partial charge in [0.1, 0.15) is 0 Å². The van der Waals surface area contributed by atoms with Crippen LogP contribution in [0.5, 0.6) is 0 Å². The standard InChI is InChI=1S/C10H6N3S2.Ir/c1-6-13-8-4-7(5-12-10(8)15-6)9-11-2-3-14-9;/h2-4H,1H3;/q-1;. The summed E-state index contributed by atoms with van der Waals surface area (Å²) in [5.41, 5.74) is 1.85. The van der Waals surface area contributed by atoms with Crippen LogP contribution in [-0.2, 0) is 20.1 Å². The van der Waals surface area contributed by atoms with Gasteiger partial charge in [-0.3, -0.25) is 9.97 Å². The van der Waals surface area contributed by atoms with E-state index in [0.717, 1.165) is 25.9 Å². The fraction of sp³-hybridized carbons (Fsp3) is 0.100. The SMILES string of the molecule is Cc1nc2cc(-c3nccs3)[c-]nc2s1.[Ir]. The molecule has 83 valence electrons. The first-order valence-electron chi connectivity index (χ1n) is 4.38. The van der Waals surface area contributed by atoms with Crippen molar-refractivity contribution in [3.8, 4) is 10.6 Å². The van der Waals surface area contributed by atoms with Gasteiger partial charge in [0.25, 0.3) is 0 Å². The predicted molar refractivity (Wildman–Crippen MR) is 62.1 cm³/mol. The zero-order valence-corrected chi connectivity index (χ0v) is 12.3. The van der Waals surface area contributed by atoms with Gasteiger partial charge in [-0.15, -0.1) is 6.07 Å². The Balaban J connectivity index is 0.000000963. The van der Waals surface area contributed by atoms with Crippen molar-refractivity contribution in [2.45, 2.75) is 6.92 Å². The second-order valence-electron chi connectivity index (χ2n) is 3.04. The fourth-order valence-electron chi connectivity index (χ4n) is 1.35. The third kappa shape index (κ3) is 2.06. The van der Waals surface area contributed by atoms with Crippen molar-refractivity contribution in [1.29, 1.82) is 0 Å². The largest absolute Gasteiger partial charge is 0.340 e. The number of thiazole rings is 2. The van der Waals surface area contributed by atoms with E-state index in [1.54, 1.807) is 28.9 Å². The summed E-state index contributed by atoms with van der Waals surface area (Å²) in [7, 11) is 0. The molecule has 0 saturated carbocycles. The molecule has 0 saturated heterocycles. The summed E-state index contributed by atoms with van der Waals surface area (Å²) in [5, 5.41) is 3.91. The molecule has 0 aliphatic heterocycles. The van der Waals surface area contributed by atoms with Gasteiger partial charge < -0.3 is 4.98 Å². The van der Waals surface area contributed by atoms with Gasteiger partial charge in [-0.2, -0.15) is 22.7 Å². The van der Waals surface area contributed by atoms with E-state index in [1.807, 2.05) is 18.4 Å². The van der Waals surface area contributed by atoms with Gasteiger partial charge in [0.15, 0.2) is 0 Å². The van der Waals surface area contributed by atoms with E-state index in [2.05, 4.69) is 21.1 Å². The summed E-state index contributed by atoms with van der Waals surface area (Å²) >= 11 is 3.17. The van der Waals surface area contributed by atoms with E-state index < -0.39 is 0 Å². The van der Waals surface area contributed by atoms with Crippen LogP contribution in [0.4, 0.5) is 0 Å². The van der Waals surface area contributed by atoms with E-state index in [1.165, 1.54) is 0 Å². The Bertz CT molecular complexity index is 604. The Kier molecular flexibility index (Phi) is 3.44. The molecule has 3 rings (SSSR count). The van der Waals surface area contributed by atoms with Gasteiger partial charge >= 0.3 is 0 Å². The first-order valence-corrected chi connectivity index (χ1v) is 6.08. The molecule has 3 aromatic rings. The number of rotatable bonds is 1. The number of nitrogens with zero attached hydrogens (tertiary/aromatic N) is 3. The molecule has 16 heavy (non-hydrogen) atoms. The van der Waals surface area contributed by atoms with E-state index in [0.29, 0.717) is 0 Å². The molecule has 0 aliphatic carbocycles. The Morgan fingerprint density at radius 3 is 3.00 bits per heavy atom. The fourth-order valence-corrected chi connectivity index (χ4v) is 2.68. The van der Waals surface area contributed by atoms with Gasteiger partial charge in [-0.1, -0.05) is 5.56 Å². The topological polar surface area (TPSA) is 38.7 Å². The number of pyridine rings is 1. The molecule has 0 unspecified atom stereocenters. The molecule has 1 radical (unpaired) electrons. The van der Waals surface area contributed by atoms with Crippen LogP contribution in [-0.4, -0.2) is 15.0 Å². The van der Waals surface area contributed by atoms with E-state index >= 15 is 0 Å². The molecule has 0 N–H and O–H groups in total. The molecular formula is C10H6IrN3S2-.